The van der Waals surface area contributed by atoms with E-state index < -0.39 is 5.82 Å². The van der Waals surface area contributed by atoms with Crippen molar-refractivity contribution in [3.63, 3.8) is 0 Å². The minimum atomic E-state index is -0.428. The second kappa shape index (κ2) is 5.92. The third kappa shape index (κ3) is 2.47. The molecule has 7 heteroatoms. The molecule has 1 fully saturated rings. The number of carbonyl (C=O) groups excluding carboxylic acids is 1. The maximum Gasteiger partial charge on any atom is 0.290 e. The SMILES string of the molecule is O=C(c1ccco1)N1CCCC1c1nnc(-c2ccccc2F)o1. The summed E-state index contributed by atoms with van der Waals surface area (Å²) in [5.41, 5.74) is 0.248. The van der Waals surface area contributed by atoms with Crippen LogP contribution >= 0.6 is 0 Å². The van der Waals surface area contributed by atoms with Crippen LogP contribution in [0.3, 0.4) is 0 Å². The lowest BCUT2D eigenvalue weighted by Gasteiger charge is -2.20. The highest BCUT2D eigenvalue weighted by Gasteiger charge is 2.35. The number of hydrogen-bond donors (Lipinski definition) is 0. The Labute approximate surface area is 136 Å². The summed E-state index contributed by atoms with van der Waals surface area (Å²) in [6.45, 7) is 0.585. The quantitative estimate of drug-likeness (QED) is 0.737. The largest absolute Gasteiger partial charge is 0.459 e. The van der Waals surface area contributed by atoms with Crippen molar-refractivity contribution in [3.05, 3.63) is 60.1 Å². The lowest BCUT2D eigenvalue weighted by atomic mass is 10.2. The molecule has 0 N–H and O–H groups in total. The van der Waals surface area contributed by atoms with Gasteiger partial charge in [0.1, 0.15) is 11.9 Å². The summed E-state index contributed by atoms with van der Waals surface area (Å²) in [7, 11) is 0. The maximum atomic E-state index is 13.8. The van der Waals surface area contributed by atoms with Crippen molar-refractivity contribution in [2.24, 2.45) is 0 Å². The number of nitrogens with zero attached hydrogens (tertiary/aromatic N) is 3. The predicted octanol–water partition coefficient (Wildman–Crippen LogP) is 3.45. The molecular weight excluding hydrogens is 313 g/mol. The van der Waals surface area contributed by atoms with E-state index in [0.29, 0.717) is 18.9 Å². The van der Waals surface area contributed by atoms with E-state index >= 15 is 0 Å². The summed E-state index contributed by atoms with van der Waals surface area (Å²) in [5, 5.41) is 7.95. The van der Waals surface area contributed by atoms with Crippen LogP contribution < -0.4 is 0 Å². The van der Waals surface area contributed by atoms with Crippen LogP contribution in [-0.2, 0) is 0 Å². The maximum absolute atomic E-state index is 13.8. The Kier molecular flexibility index (Phi) is 3.60. The zero-order valence-electron chi connectivity index (χ0n) is 12.7. The molecule has 1 aromatic carbocycles. The molecule has 1 amide bonds. The Hall–Kier alpha value is -2.96. The molecule has 2 aromatic heterocycles. The van der Waals surface area contributed by atoms with Gasteiger partial charge in [-0.05, 0) is 37.1 Å². The van der Waals surface area contributed by atoms with Crippen LogP contribution in [0.4, 0.5) is 4.39 Å². The van der Waals surface area contributed by atoms with Crippen LogP contribution in [0.5, 0.6) is 0 Å². The number of aromatic nitrogens is 2. The number of likely N-dealkylation sites (tertiary alicyclic amines) is 1. The highest BCUT2D eigenvalue weighted by Crippen LogP contribution is 2.34. The normalized spacial score (nSPS) is 17.4. The minimum absolute atomic E-state index is 0.111. The van der Waals surface area contributed by atoms with E-state index in [1.807, 2.05) is 0 Å². The monoisotopic (exact) mass is 327 g/mol. The van der Waals surface area contributed by atoms with Gasteiger partial charge in [0.25, 0.3) is 11.8 Å². The van der Waals surface area contributed by atoms with Crippen molar-refractivity contribution in [3.8, 4) is 11.5 Å². The third-order valence-corrected chi connectivity index (χ3v) is 4.08. The van der Waals surface area contributed by atoms with Crippen LogP contribution in [0.15, 0.2) is 51.5 Å². The van der Waals surface area contributed by atoms with Crippen LogP contribution in [0.2, 0.25) is 0 Å². The summed E-state index contributed by atoms with van der Waals surface area (Å²) in [4.78, 5) is 14.2. The minimum Gasteiger partial charge on any atom is -0.459 e. The number of rotatable bonds is 3. The molecule has 24 heavy (non-hydrogen) atoms. The topological polar surface area (TPSA) is 72.4 Å². The molecule has 0 bridgehead atoms. The second-order valence-electron chi connectivity index (χ2n) is 5.56. The number of benzene rings is 1. The zero-order valence-corrected chi connectivity index (χ0v) is 12.7. The number of carbonyl (C=O) groups is 1. The molecule has 3 heterocycles. The highest BCUT2D eigenvalue weighted by molar-refractivity contribution is 5.91. The fraction of sp³-hybridized carbons (Fsp3) is 0.235. The van der Waals surface area contributed by atoms with E-state index in [1.165, 1.54) is 12.3 Å². The molecule has 1 atom stereocenters. The molecule has 3 aromatic rings. The van der Waals surface area contributed by atoms with Crippen LogP contribution in [-0.4, -0.2) is 27.5 Å². The molecule has 0 saturated carbocycles. The van der Waals surface area contributed by atoms with E-state index in [2.05, 4.69) is 10.2 Å². The van der Waals surface area contributed by atoms with Gasteiger partial charge in [0.15, 0.2) is 5.76 Å². The van der Waals surface area contributed by atoms with Crippen molar-refractivity contribution in [2.45, 2.75) is 18.9 Å². The van der Waals surface area contributed by atoms with Gasteiger partial charge in [-0.1, -0.05) is 12.1 Å². The molecule has 6 nitrogen and oxygen atoms in total. The van der Waals surface area contributed by atoms with E-state index in [-0.39, 0.29) is 29.2 Å². The highest BCUT2D eigenvalue weighted by atomic mass is 19.1. The molecule has 1 unspecified atom stereocenters. The first kappa shape index (κ1) is 14.6. The molecule has 122 valence electrons. The van der Waals surface area contributed by atoms with Gasteiger partial charge < -0.3 is 13.7 Å². The van der Waals surface area contributed by atoms with Crippen molar-refractivity contribution >= 4 is 5.91 Å². The van der Waals surface area contributed by atoms with E-state index in [4.69, 9.17) is 8.83 Å². The fourth-order valence-electron chi connectivity index (χ4n) is 2.92. The van der Waals surface area contributed by atoms with Gasteiger partial charge in [-0.15, -0.1) is 10.2 Å². The average Bonchev–Trinajstić information content (AvgIpc) is 3.34. The summed E-state index contributed by atoms with van der Waals surface area (Å²) in [6, 6.07) is 9.17. The first-order valence-corrected chi connectivity index (χ1v) is 7.67. The molecule has 1 aliphatic rings. The Bertz CT molecular complexity index is 860. The Morgan fingerprint density at radius 3 is 2.88 bits per heavy atom. The van der Waals surface area contributed by atoms with Crippen LogP contribution in [0.25, 0.3) is 11.5 Å². The van der Waals surface area contributed by atoms with Gasteiger partial charge in [-0.3, -0.25) is 4.79 Å². The standard InChI is InChI=1S/C17H14FN3O3/c18-12-6-2-1-5-11(12)15-19-20-16(24-15)13-7-3-9-21(13)17(22)14-8-4-10-23-14/h1-2,4-6,8,10,13H,3,7,9H2. The van der Waals surface area contributed by atoms with Gasteiger partial charge in [-0.25, -0.2) is 4.39 Å². The Balaban J connectivity index is 1.62. The third-order valence-electron chi connectivity index (χ3n) is 4.08. The summed E-state index contributed by atoms with van der Waals surface area (Å²) >= 11 is 0. The zero-order chi connectivity index (χ0) is 16.5. The molecule has 0 radical (unpaired) electrons. The van der Waals surface area contributed by atoms with E-state index in [9.17, 15) is 9.18 Å². The van der Waals surface area contributed by atoms with Crippen molar-refractivity contribution < 1.29 is 18.0 Å². The summed E-state index contributed by atoms with van der Waals surface area (Å²) in [6.07, 6.45) is 3.00. The van der Waals surface area contributed by atoms with Gasteiger partial charge in [-0.2, -0.15) is 0 Å². The molecule has 1 aliphatic heterocycles. The first-order chi connectivity index (χ1) is 11.7. The van der Waals surface area contributed by atoms with Crippen molar-refractivity contribution in [1.82, 2.24) is 15.1 Å². The van der Waals surface area contributed by atoms with Gasteiger partial charge in [0.05, 0.1) is 11.8 Å². The van der Waals surface area contributed by atoms with Crippen LogP contribution in [0, 0.1) is 5.82 Å². The lowest BCUT2D eigenvalue weighted by molar-refractivity contribution is 0.0683. The van der Waals surface area contributed by atoms with Gasteiger partial charge in [0, 0.05) is 6.54 Å². The Morgan fingerprint density at radius 2 is 2.08 bits per heavy atom. The van der Waals surface area contributed by atoms with E-state index in [1.54, 1.807) is 35.2 Å². The van der Waals surface area contributed by atoms with Crippen molar-refractivity contribution in [1.29, 1.82) is 0 Å². The Morgan fingerprint density at radius 1 is 1.21 bits per heavy atom. The molecule has 4 rings (SSSR count). The van der Waals surface area contributed by atoms with Crippen molar-refractivity contribution in [2.75, 3.05) is 6.54 Å². The number of furan rings is 1. The second-order valence-corrected chi connectivity index (χ2v) is 5.56. The lowest BCUT2D eigenvalue weighted by Crippen LogP contribution is -2.30. The average molecular weight is 327 g/mol. The number of amides is 1. The summed E-state index contributed by atoms with van der Waals surface area (Å²) < 4.78 is 24.7. The summed E-state index contributed by atoms with van der Waals surface area (Å²) in [5.74, 6) is 0.0533. The van der Waals surface area contributed by atoms with Gasteiger partial charge >= 0.3 is 0 Å². The molecule has 0 spiro atoms. The molecule has 1 saturated heterocycles. The number of halogens is 1. The first-order valence-electron chi connectivity index (χ1n) is 7.67. The molecule has 0 aliphatic carbocycles. The van der Waals surface area contributed by atoms with E-state index in [0.717, 1.165) is 6.42 Å². The van der Waals surface area contributed by atoms with Crippen LogP contribution in [0.1, 0.15) is 35.3 Å². The molecular formula is C17H14FN3O3. The number of hydrogen-bond acceptors (Lipinski definition) is 5. The smallest absolute Gasteiger partial charge is 0.290 e. The van der Waals surface area contributed by atoms with Gasteiger partial charge in [0.2, 0.25) is 5.89 Å². The predicted molar refractivity (Wildman–Crippen MR) is 81.4 cm³/mol. The fourth-order valence-corrected chi connectivity index (χ4v) is 2.92.